The highest BCUT2D eigenvalue weighted by molar-refractivity contribution is 5.20. The Kier molecular flexibility index (Phi) is 4.56. The van der Waals surface area contributed by atoms with Gasteiger partial charge in [-0.05, 0) is 32.5 Å². The van der Waals surface area contributed by atoms with Crippen molar-refractivity contribution in [1.29, 1.82) is 0 Å². The number of benzene rings is 1. The molecule has 1 aromatic carbocycles. The van der Waals surface area contributed by atoms with Crippen molar-refractivity contribution in [1.82, 2.24) is 5.32 Å². The molecule has 2 nitrogen and oxygen atoms in total. The van der Waals surface area contributed by atoms with Gasteiger partial charge in [0, 0.05) is 11.6 Å². The Bertz CT molecular complexity index is 276. The summed E-state index contributed by atoms with van der Waals surface area (Å²) in [6, 6.07) is 6.93. The van der Waals surface area contributed by atoms with E-state index < -0.39 is 0 Å². The van der Waals surface area contributed by atoms with Gasteiger partial charge >= 0.3 is 0 Å². The highest BCUT2D eigenvalue weighted by atomic mass is 19.1. The summed E-state index contributed by atoms with van der Waals surface area (Å²) in [5.74, 6) is -0.149. The van der Waals surface area contributed by atoms with Crippen LogP contribution in [0.3, 0.4) is 0 Å². The zero-order valence-electron chi connectivity index (χ0n) is 8.46. The lowest BCUT2D eigenvalue weighted by atomic mass is 10.0. The molecule has 0 amide bonds. The van der Waals surface area contributed by atoms with Crippen molar-refractivity contribution >= 4 is 0 Å². The van der Waals surface area contributed by atoms with E-state index in [0.717, 1.165) is 18.4 Å². The molecule has 0 aliphatic heterocycles. The molecule has 0 heterocycles. The van der Waals surface area contributed by atoms with Gasteiger partial charge in [-0.25, -0.2) is 4.39 Å². The van der Waals surface area contributed by atoms with Crippen molar-refractivity contribution in [3.05, 3.63) is 35.6 Å². The number of nitrogens with two attached hydrogens (primary N) is 1. The Labute approximate surface area is 84.3 Å². The summed E-state index contributed by atoms with van der Waals surface area (Å²) in [5.41, 5.74) is 6.15. The van der Waals surface area contributed by atoms with E-state index in [9.17, 15) is 4.39 Å². The zero-order chi connectivity index (χ0) is 10.4. The first kappa shape index (κ1) is 11.1. The predicted molar refractivity (Wildman–Crippen MR) is 56.5 cm³/mol. The average Bonchev–Trinajstić information content (AvgIpc) is 2.21. The smallest absolute Gasteiger partial charge is 0.127 e. The largest absolute Gasteiger partial charge is 0.330 e. The van der Waals surface area contributed by atoms with Crippen LogP contribution in [0.1, 0.15) is 24.4 Å². The fraction of sp³-hybridized carbons (Fsp3) is 0.455. The first-order valence-corrected chi connectivity index (χ1v) is 4.91. The number of rotatable bonds is 5. The number of hydrogen-bond acceptors (Lipinski definition) is 2. The maximum Gasteiger partial charge on any atom is 0.127 e. The van der Waals surface area contributed by atoms with Gasteiger partial charge in [0.15, 0.2) is 0 Å². The van der Waals surface area contributed by atoms with Crippen molar-refractivity contribution in [2.75, 3.05) is 13.6 Å². The molecular formula is C11H17FN2. The fourth-order valence-electron chi connectivity index (χ4n) is 1.54. The highest BCUT2D eigenvalue weighted by Crippen LogP contribution is 2.20. The van der Waals surface area contributed by atoms with Crippen LogP contribution in [0.4, 0.5) is 4.39 Å². The topological polar surface area (TPSA) is 38.0 Å². The SMILES string of the molecule is CNC(CCCN)c1ccccc1F. The molecule has 1 atom stereocenters. The first-order chi connectivity index (χ1) is 6.79. The Morgan fingerprint density at radius 3 is 2.71 bits per heavy atom. The van der Waals surface area contributed by atoms with Gasteiger partial charge in [-0.3, -0.25) is 0 Å². The van der Waals surface area contributed by atoms with E-state index in [1.54, 1.807) is 6.07 Å². The average molecular weight is 196 g/mol. The van der Waals surface area contributed by atoms with E-state index in [1.807, 2.05) is 19.2 Å². The molecule has 3 heteroatoms. The van der Waals surface area contributed by atoms with Gasteiger partial charge in [-0.1, -0.05) is 18.2 Å². The highest BCUT2D eigenvalue weighted by Gasteiger charge is 2.11. The summed E-state index contributed by atoms with van der Waals surface area (Å²) >= 11 is 0. The van der Waals surface area contributed by atoms with Crippen molar-refractivity contribution in [2.24, 2.45) is 5.73 Å². The molecule has 0 aliphatic rings. The van der Waals surface area contributed by atoms with Crippen LogP contribution in [0.5, 0.6) is 0 Å². The minimum absolute atomic E-state index is 0.0692. The molecule has 0 saturated heterocycles. The predicted octanol–water partition coefficient (Wildman–Crippen LogP) is 1.83. The van der Waals surface area contributed by atoms with Crippen LogP contribution in [0.15, 0.2) is 24.3 Å². The molecule has 0 aromatic heterocycles. The number of halogens is 1. The molecule has 0 spiro atoms. The third kappa shape index (κ3) is 2.79. The second-order valence-corrected chi connectivity index (χ2v) is 3.29. The van der Waals surface area contributed by atoms with E-state index in [0.29, 0.717) is 6.54 Å². The molecule has 0 radical (unpaired) electrons. The summed E-state index contributed by atoms with van der Waals surface area (Å²) in [4.78, 5) is 0. The van der Waals surface area contributed by atoms with Gasteiger partial charge in [0.1, 0.15) is 5.82 Å². The minimum atomic E-state index is -0.149. The van der Waals surface area contributed by atoms with Gasteiger partial charge < -0.3 is 11.1 Å². The van der Waals surface area contributed by atoms with Crippen LogP contribution < -0.4 is 11.1 Å². The minimum Gasteiger partial charge on any atom is -0.330 e. The summed E-state index contributed by atoms with van der Waals surface area (Å²) < 4.78 is 13.4. The lowest BCUT2D eigenvalue weighted by molar-refractivity contribution is 0.497. The quantitative estimate of drug-likeness (QED) is 0.754. The molecule has 0 bridgehead atoms. The van der Waals surface area contributed by atoms with Gasteiger partial charge in [0.05, 0.1) is 0 Å². The Morgan fingerprint density at radius 2 is 2.14 bits per heavy atom. The van der Waals surface area contributed by atoms with Gasteiger partial charge in [0.2, 0.25) is 0 Å². The van der Waals surface area contributed by atoms with Crippen molar-refractivity contribution in [3.63, 3.8) is 0 Å². The standard InChI is InChI=1S/C11H17FN2/c1-14-11(7-4-8-13)9-5-2-3-6-10(9)12/h2-3,5-6,11,14H,4,7-8,13H2,1H3. The Morgan fingerprint density at radius 1 is 1.43 bits per heavy atom. The van der Waals surface area contributed by atoms with Crippen LogP contribution in [0, 0.1) is 5.82 Å². The maximum absolute atomic E-state index is 13.4. The summed E-state index contributed by atoms with van der Waals surface area (Å²) in [6.45, 7) is 0.645. The monoisotopic (exact) mass is 196 g/mol. The van der Waals surface area contributed by atoms with E-state index in [2.05, 4.69) is 5.32 Å². The van der Waals surface area contributed by atoms with Crippen LogP contribution in [-0.4, -0.2) is 13.6 Å². The van der Waals surface area contributed by atoms with E-state index >= 15 is 0 Å². The van der Waals surface area contributed by atoms with E-state index in [1.165, 1.54) is 6.07 Å². The summed E-state index contributed by atoms with van der Waals surface area (Å²) in [6.07, 6.45) is 1.77. The molecule has 0 saturated carbocycles. The molecule has 3 N–H and O–H groups in total. The molecular weight excluding hydrogens is 179 g/mol. The molecule has 1 unspecified atom stereocenters. The number of hydrogen-bond donors (Lipinski definition) is 2. The first-order valence-electron chi connectivity index (χ1n) is 4.91. The van der Waals surface area contributed by atoms with Crippen LogP contribution in [-0.2, 0) is 0 Å². The van der Waals surface area contributed by atoms with Crippen molar-refractivity contribution < 1.29 is 4.39 Å². The zero-order valence-corrected chi connectivity index (χ0v) is 8.46. The second kappa shape index (κ2) is 5.73. The Balaban J connectivity index is 2.73. The number of nitrogens with one attached hydrogen (secondary N) is 1. The third-order valence-corrected chi connectivity index (χ3v) is 2.33. The van der Waals surface area contributed by atoms with Crippen LogP contribution >= 0.6 is 0 Å². The maximum atomic E-state index is 13.4. The Hall–Kier alpha value is -0.930. The third-order valence-electron chi connectivity index (χ3n) is 2.33. The fourth-order valence-corrected chi connectivity index (χ4v) is 1.54. The van der Waals surface area contributed by atoms with E-state index in [4.69, 9.17) is 5.73 Å². The normalized spacial score (nSPS) is 12.8. The molecule has 0 aliphatic carbocycles. The summed E-state index contributed by atoms with van der Waals surface area (Å²) in [7, 11) is 1.84. The molecule has 1 aromatic rings. The second-order valence-electron chi connectivity index (χ2n) is 3.29. The van der Waals surface area contributed by atoms with Gasteiger partial charge in [-0.15, -0.1) is 0 Å². The van der Waals surface area contributed by atoms with Gasteiger partial charge in [0.25, 0.3) is 0 Å². The molecule has 1 rings (SSSR count). The van der Waals surface area contributed by atoms with E-state index in [-0.39, 0.29) is 11.9 Å². The molecule has 14 heavy (non-hydrogen) atoms. The lowest BCUT2D eigenvalue weighted by Crippen LogP contribution is -2.18. The summed E-state index contributed by atoms with van der Waals surface area (Å²) in [5, 5.41) is 3.10. The molecule has 0 fully saturated rings. The lowest BCUT2D eigenvalue weighted by Gasteiger charge is -2.16. The molecule has 78 valence electrons. The van der Waals surface area contributed by atoms with Crippen molar-refractivity contribution in [3.8, 4) is 0 Å². The van der Waals surface area contributed by atoms with Crippen molar-refractivity contribution in [2.45, 2.75) is 18.9 Å². The van der Waals surface area contributed by atoms with Crippen LogP contribution in [0.25, 0.3) is 0 Å². The van der Waals surface area contributed by atoms with Crippen LogP contribution in [0.2, 0.25) is 0 Å². The van der Waals surface area contributed by atoms with Gasteiger partial charge in [-0.2, -0.15) is 0 Å².